The lowest BCUT2D eigenvalue weighted by Crippen LogP contribution is -2.42. The van der Waals surface area contributed by atoms with E-state index in [9.17, 15) is 8.42 Å². The third kappa shape index (κ3) is 3.06. The van der Waals surface area contributed by atoms with Crippen LogP contribution < -0.4 is 14.8 Å². The number of fused-ring (bicyclic) bond motifs is 1. The van der Waals surface area contributed by atoms with Crippen LogP contribution in [-0.2, 0) is 10.0 Å². The highest BCUT2D eigenvalue weighted by molar-refractivity contribution is 7.89. The lowest BCUT2D eigenvalue weighted by Gasteiger charge is -2.32. The molecule has 0 saturated carbocycles. The van der Waals surface area contributed by atoms with Crippen molar-refractivity contribution in [2.45, 2.75) is 17.7 Å². The molecule has 1 fully saturated rings. The first-order valence-corrected chi connectivity index (χ1v) is 9.09. The molecule has 0 bridgehead atoms. The van der Waals surface area contributed by atoms with Crippen LogP contribution in [0.3, 0.4) is 0 Å². The smallest absolute Gasteiger partial charge is 0.243 e. The Balaban J connectivity index is 1.83. The molecule has 22 heavy (non-hydrogen) atoms. The van der Waals surface area contributed by atoms with Crippen molar-refractivity contribution < 1.29 is 17.9 Å². The van der Waals surface area contributed by atoms with Crippen LogP contribution in [0.25, 0.3) is 0 Å². The average molecular weight is 326 g/mol. The zero-order chi connectivity index (χ0) is 15.6. The number of nitrogens with zero attached hydrogens (tertiary/aromatic N) is 1. The number of ether oxygens (including phenoxy) is 2. The Hall–Kier alpha value is -1.31. The molecule has 1 N–H and O–H groups in total. The first kappa shape index (κ1) is 15.6. The fraction of sp³-hybridized carbons (Fsp3) is 0.600. The minimum Gasteiger partial charge on any atom is -0.486 e. The van der Waals surface area contributed by atoms with Crippen molar-refractivity contribution in [2.24, 2.45) is 5.92 Å². The zero-order valence-corrected chi connectivity index (χ0v) is 13.6. The summed E-state index contributed by atoms with van der Waals surface area (Å²) in [5.41, 5.74) is 0. The van der Waals surface area contributed by atoms with E-state index in [-0.39, 0.29) is 4.90 Å². The summed E-state index contributed by atoms with van der Waals surface area (Å²) in [5.74, 6) is 1.48. The fourth-order valence-electron chi connectivity index (χ4n) is 3.03. The number of hydrogen-bond donors (Lipinski definition) is 1. The van der Waals surface area contributed by atoms with Gasteiger partial charge in [-0.2, -0.15) is 4.31 Å². The van der Waals surface area contributed by atoms with Crippen molar-refractivity contribution in [1.82, 2.24) is 9.62 Å². The molecular formula is C15H22N2O4S. The number of sulfonamides is 1. The lowest BCUT2D eigenvalue weighted by atomic mass is 10.00. The van der Waals surface area contributed by atoms with Crippen LogP contribution in [0.15, 0.2) is 23.1 Å². The van der Waals surface area contributed by atoms with Crippen LogP contribution in [0.4, 0.5) is 0 Å². The van der Waals surface area contributed by atoms with Gasteiger partial charge in [-0.25, -0.2) is 8.42 Å². The van der Waals surface area contributed by atoms with Gasteiger partial charge < -0.3 is 14.8 Å². The maximum absolute atomic E-state index is 12.8. The highest BCUT2D eigenvalue weighted by Crippen LogP contribution is 2.33. The summed E-state index contributed by atoms with van der Waals surface area (Å²) in [4.78, 5) is 0.279. The Morgan fingerprint density at radius 3 is 2.82 bits per heavy atom. The van der Waals surface area contributed by atoms with Crippen molar-refractivity contribution in [3.8, 4) is 11.5 Å². The van der Waals surface area contributed by atoms with Crippen LogP contribution in [0, 0.1) is 5.92 Å². The topological polar surface area (TPSA) is 67.9 Å². The molecule has 122 valence electrons. The van der Waals surface area contributed by atoms with Crippen molar-refractivity contribution in [3.63, 3.8) is 0 Å². The van der Waals surface area contributed by atoms with Gasteiger partial charge in [0, 0.05) is 19.2 Å². The van der Waals surface area contributed by atoms with Gasteiger partial charge >= 0.3 is 0 Å². The molecular weight excluding hydrogens is 304 g/mol. The predicted octanol–water partition coefficient (Wildman–Crippen LogP) is 1.08. The number of hydrogen-bond acceptors (Lipinski definition) is 5. The quantitative estimate of drug-likeness (QED) is 0.897. The molecule has 2 aliphatic rings. The summed E-state index contributed by atoms with van der Waals surface area (Å²) in [6.07, 6.45) is 1.96. The zero-order valence-electron chi connectivity index (χ0n) is 12.7. The predicted molar refractivity (Wildman–Crippen MR) is 82.8 cm³/mol. The molecule has 1 saturated heterocycles. The van der Waals surface area contributed by atoms with E-state index >= 15 is 0 Å². The fourth-order valence-corrected chi connectivity index (χ4v) is 4.60. The largest absolute Gasteiger partial charge is 0.486 e. The molecule has 1 aromatic rings. The van der Waals surface area contributed by atoms with Crippen LogP contribution in [0.1, 0.15) is 12.8 Å². The Morgan fingerprint density at radius 2 is 2.05 bits per heavy atom. The first-order chi connectivity index (χ1) is 10.6. The summed E-state index contributed by atoms with van der Waals surface area (Å²) in [7, 11) is -1.58. The Labute approximate surface area is 131 Å². The highest BCUT2D eigenvalue weighted by Gasteiger charge is 2.30. The van der Waals surface area contributed by atoms with Gasteiger partial charge in [0.1, 0.15) is 13.2 Å². The molecule has 1 unspecified atom stereocenters. The minimum absolute atomic E-state index is 0.279. The lowest BCUT2D eigenvalue weighted by molar-refractivity contribution is 0.171. The summed E-state index contributed by atoms with van der Waals surface area (Å²) in [6.45, 7) is 2.93. The van der Waals surface area contributed by atoms with E-state index in [4.69, 9.17) is 9.47 Å². The minimum atomic E-state index is -3.48. The van der Waals surface area contributed by atoms with Crippen LogP contribution in [-0.4, -0.2) is 52.6 Å². The maximum Gasteiger partial charge on any atom is 0.243 e. The first-order valence-electron chi connectivity index (χ1n) is 7.65. The monoisotopic (exact) mass is 326 g/mol. The van der Waals surface area contributed by atoms with Crippen molar-refractivity contribution in [3.05, 3.63) is 18.2 Å². The van der Waals surface area contributed by atoms with Crippen LogP contribution >= 0.6 is 0 Å². The van der Waals surface area contributed by atoms with Gasteiger partial charge in [0.25, 0.3) is 0 Å². The second-order valence-electron chi connectivity index (χ2n) is 5.73. The number of piperidine rings is 1. The Kier molecular flexibility index (Phi) is 4.56. The van der Waals surface area contributed by atoms with Crippen molar-refractivity contribution >= 4 is 10.0 Å². The molecule has 0 aliphatic carbocycles. The molecule has 1 aromatic carbocycles. The number of rotatable bonds is 4. The standard InChI is InChI=1S/C15H22N2O4S/c1-16-10-12-3-2-6-17(11-12)22(18,19)13-4-5-14-15(9-13)21-8-7-20-14/h4-5,9,12,16H,2-3,6-8,10-11H2,1H3. The second-order valence-corrected chi connectivity index (χ2v) is 7.67. The molecule has 2 aliphatic heterocycles. The SMILES string of the molecule is CNCC1CCCN(S(=O)(=O)c2ccc3c(c2)OCCO3)C1. The Morgan fingerprint density at radius 1 is 1.27 bits per heavy atom. The normalized spacial score (nSPS) is 22.5. The molecule has 7 heteroatoms. The summed E-state index contributed by atoms with van der Waals surface area (Å²) >= 11 is 0. The second kappa shape index (κ2) is 6.44. The van der Waals surface area contributed by atoms with Gasteiger partial charge in [-0.1, -0.05) is 0 Å². The number of nitrogens with one attached hydrogen (secondary N) is 1. The average Bonchev–Trinajstić information content (AvgIpc) is 2.55. The van der Waals surface area contributed by atoms with E-state index in [1.54, 1.807) is 22.5 Å². The number of benzene rings is 1. The molecule has 0 radical (unpaired) electrons. The molecule has 6 nitrogen and oxygen atoms in total. The Bertz CT molecular complexity index is 630. The summed E-state index contributed by atoms with van der Waals surface area (Å²) in [5, 5.41) is 3.13. The van der Waals surface area contributed by atoms with E-state index in [1.807, 2.05) is 7.05 Å². The molecule has 0 amide bonds. The third-order valence-corrected chi connectivity index (χ3v) is 5.99. The molecule has 0 aromatic heterocycles. The van der Waals surface area contributed by atoms with E-state index in [1.165, 1.54) is 0 Å². The van der Waals surface area contributed by atoms with Crippen molar-refractivity contribution in [2.75, 3.05) is 39.9 Å². The maximum atomic E-state index is 12.8. The van der Waals surface area contributed by atoms with Crippen LogP contribution in [0.2, 0.25) is 0 Å². The summed E-state index contributed by atoms with van der Waals surface area (Å²) < 4.78 is 38.2. The molecule has 2 heterocycles. The van der Waals surface area contributed by atoms with E-state index in [2.05, 4.69) is 5.32 Å². The molecule has 0 spiro atoms. The van der Waals surface area contributed by atoms with Gasteiger partial charge in [0.05, 0.1) is 4.90 Å². The van der Waals surface area contributed by atoms with E-state index in [0.29, 0.717) is 43.7 Å². The van der Waals surface area contributed by atoms with Crippen molar-refractivity contribution in [1.29, 1.82) is 0 Å². The molecule has 1 atom stereocenters. The van der Waals surface area contributed by atoms with Gasteiger partial charge in [0.15, 0.2) is 11.5 Å². The molecule has 3 rings (SSSR count). The van der Waals surface area contributed by atoms with E-state index < -0.39 is 10.0 Å². The third-order valence-electron chi connectivity index (χ3n) is 4.13. The van der Waals surface area contributed by atoms with Gasteiger partial charge in [0.2, 0.25) is 10.0 Å². The van der Waals surface area contributed by atoms with Gasteiger partial charge in [-0.05, 0) is 44.5 Å². The van der Waals surface area contributed by atoms with Crippen LogP contribution in [0.5, 0.6) is 11.5 Å². The van der Waals surface area contributed by atoms with Gasteiger partial charge in [-0.15, -0.1) is 0 Å². The van der Waals surface area contributed by atoms with E-state index in [0.717, 1.165) is 19.4 Å². The summed E-state index contributed by atoms with van der Waals surface area (Å²) in [6, 6.07) is 4.85. The van der Waals surface area contributed by atoms with Gasteiger partial charge in [-0.3, -0.25) is 0 Å². The highest BCUT2D eigenvalue weighted by atomic mass is 32.2.